The van der Waals surface area contributed by atoms with Gasteiger partial charge < -0.3 is 15.5 Å². The SMILES string of the molecule is CN(Cc1ccsc1)C(=O)c1sc(N2CCCC2)nc1N. The lowest BCUT2D eigenvalue weighted by atomic mass is 10.3. The number of anilines is 2. The van der Waals surface area contributed by atoms with Gasteiger partial charge in [-0.25, -0.2) is 4.98 Å². The molecule has 2 aromatic rings. The number of nitrogen functional groups attached to an aromatic ring is 1. The van der Waals surface area contributed by atoms with Crippen LogP contribution >= 0.6 is 22.7 Å². The molecule has 2 N–H and O–H groups in total. The quantitative estimate of drug-likeness (QED) is 0.940. The zero-order valence-corrected chi connectivity index (χ0v) is 13.5. The third-order valence-corrected chi connectivity index (χ3v) is 5.41. The fourth-order valence-corrected chi connectivity index (χ4v) is 4.11. The van der Waals surface area contributed by atoms with Crippen molar-refractivity contribution in [2.75, 3.05) is 30.8 Å². The van der Waals surface area contributed by atoms with E-state index in [-0.39, 0.29) is 5.91 Å². The van der Waals surface area contributed by atoms with Crippen molar-refractivity contribution in [3.63, 3.8) is 0 Å². The fourth-order valence-electron chi connectivity index (χ4n) is 2.42. The Labute approximate surface area is 132 Å². The Hall–Kier alpha value is -1.60. The van der Waals surface area contributed by atoms with Gasteiger partial charge in [0, 0.05) is 26.7 Å². The van der Waals surface area contributed by atoms with Gasteiger partial charge in [-0.3, -0.25) is 4.79 Å². The molecule has 0 saturated carbocycles. The van der Waals surface area contributed by atoms with Gasteiger partial charge in [-0.15, -0.1) is 0 Å². The summed E-state index contributed by atoms with van der Waals surface area (Å²) in [7, 11) is 1.80. The van der Waals surface area contributed by atoms with Crippen molar-refractivity contribution in [3.8, 4) is 0 Å². The third-order valence-electron chi connectivity index (χ3n) is 3.56. The number of nitrogens with two attached hydrogens (primary N) is 1. The van der Waals surface area contributed by atoms with E-state index in [9.17, 15) is 4.79 Å². The summed E-state index contributed by atoms with van der Waals surface area (Å²) in [5, 5.41) is 4.94. The average Bonchev–Trinajstić information content (AvgIpc) is 3.18. The molecule has 1 saturated heterocycles. The summed E-state index contributed by atoms with van der Waals surface area (Å²) < 4.78 is 0. The van der Waals surface area contributed by atoms with Crippen molar-refractivity contribution in [2.45, 2.75) is 19.4 Å². The van der Waals surface area contributed by atoms with E-state index in [1.165, 1.54) is 24.2 Å². The van der Waals surface area contributed by atoms with Gasteiger partial charge >= 0.3 is 0 Å². The molecule has 0 radical (unpaired) electrons. The van der Waals surface area contributed by atoms with Crippen molar-refractivity contribution in [1.82, 2.24) is 9.88 Å². The van der Waals surface area contributed by atoms with Gasteiger partial charge in [0.2, 0.25) is 0 Å². The molecule has 3 heterocycles. The average molecular weight is 322 g/mol. The van der Waals surface area contributed by atoms with Crippen molar-refractivity contribution < 1.29 is 4.79 Å². The zero-order chi connectivity index (χ0) is 14.8. The third kappa shape index (κ3) is 3.03. The number of carbonyl (C=O) groups excluding carboxylic acids is 1. The van der Waals surface area contributed by atoms with Crippen molar-refractivity contribution in [1.29, 1.82) is 0 Å². The fraction of sp³-hybridized carbons (Fsp3) is 0.429. The summed E-state index contributed by atoms with van der Waals surface area (Å²) in [5.41, 5.74) is 7.09. The number of rotatable bonds is 4. The van der Waals surface area contributed by atoms with Gasteiger partial charge in [0.25, 0.3) is 5.91 Å². The molecule has 0 unspecified atom stereocenters. The van der Waals surface area contributed by atoms with Crippen LogP contribution in [0.2, 0.25) is 0 Å². The minimum absolute atomic E-state index is 0.0540. The van der Waals surface area contributed by atoms with Crippen LogP contribution in [0.25, 0.3) is 0 Å². The molecule has 5 nitrogen and oxygen atoms in total. The molecule has 0 aromatic carbocycles. The standard InChI is InChI=1S/C14H18N4OS2/c1-17(8-10-4-7-20-9-10)13(19)11-12(15)16-14(21-11)18-5-2-3-6-18/h4,7,9H,2-3,5-6,8,15H2,1H3. The predicted molar refractivity (Wildman–Crippen MR) is 88.1 cm³/mol. The number of nitrogens with zero attached hydrogens (tertiary/aromatic N) is 3. The highest BCUT2D eigenvalue weighted by Gasteiger charge is 2.23. The molecule has 21 heavy (non-hydrogen) atoms. The number of hydrogen-bond acceptors (Lipinski definition) is 6. The Morgan fingerprint density at radius 2 is 2.24 bits per heavy atom. The summed E-state index contributed by atoms with van der Waals surface area (Å²) in [6, 6.07) is 2.03. The van der Waals surface area contributed by atoms with Crippen LogP contribution in [0.5, 0.6) is 0 Å². The van der Waals surface area contributed by atoms with E-state index in [4.69, 9.17) is 5.73 Å². The van der Waals surface area contributed by atoms with Crippen LogP contribution in [0.3, 0.4) is 0 Å². The van der Waals surface area contributed by atoms with Crippen LogP contribution in [-0.2, 0) is 6.54 Å². The smallest absolute Gasteiger partial charge is 0.267 e. The summed E-state index contributed by atoms with van der Waals surface area (Å²) in [6.07, 6.45) is 2.36. The lowest BCUT2D eigenvalue weighted by Crippen LogP contribution is -2.25. The first-order valence-corrected chi connectivity index (χ1v) is 8.69. The Bertz CT molecular complexity index is 617. The lowest BCUT2D eigenvalue weighted by Gasteiger charge is -2.15. The van der Waals surface area contributed by atoms with Gasteiger partial charge in [0.1, 0.15) is 10.7 Å². The number of amides is 1. The van der Waals surface area contributed by atoms with Gasteiger partial charge in [-0.05, 0) is 35.2 Å². The molecule has 112 valence electrons. The maximum Gasteiger partial charge on any atom is 0.267 e. The van der Waals surface area contributed by atoms with E-state index in [0.29, 0.717) is 17.2 Å². The van der Waals surface area contributed by atoms with E-state index in [0.717, 1.165) is 23.8 Å². The van der Waals surface area contributed by atoms with Crippen LogP contribution in [0.4, 0.5) is 10.9 Å². The molecular weight excluding hydrogens is 304 g/mol. The van der Waals surface area contributed by atoms with Crippen LogP contribution in [0, 0.1) is 0 Å². The maximum atomic E-state index is 12.5. The predicted octanol–water partition coefficient (Wildman–Crippen LogP) is 2.66. The first-order chi connectivity index (χ1) is 10.1. The molecule has 1 aliphatic heterocycles. The molecule has 0 aliphatic carbocycles. The second kappa shape index (κ2) is 6.03. The van der Waals surface area contributed by atoms with Gasteiger partial charge in [-0.2, -0.15) is 11.3 Å². The monoisotopic (exact) mass is 322 g/mol. The van der Waals surface area contributed by atoms with E-state index in [2.05, 4.69) is 15.3 Å². The minimum atomic E-state index is -0.0540. The molecule has 1 fully saturated rings. The Kier molecular flexibility index (Phi) is 4.12. The zero-order valence-electron chi connectivity index (χ0n) is 11.9. The lowest BCUT2D eigenvalue weighted by molar-refractivity contribution is 0.0791. The molecular formula is C14H18N4OS2. The summed E-state index contributed by atoms with van der Waals surface area (Å²) in [5.74, 6) is 0.297. The molecule has 0 bridgehead atoms. The highest BCUT2D eigenvalue weighted by Crippen LogP contribution is 2.31. The largest absolute Gasteiger partial charge is 0.382 e. The molecule has 7 heteroatoms. The molecule has 1 aliphatic rings. The van der Waals surface area contributed by atoms with Crippen LogP contribution in [-0.4, -0.2) is 35.9 Å². The van der Waals surface area contributed by atoms with E-state index in [1.54, 1.807) is 23.3 Å². The summed E-state index contributed by atoms with van der Waals surface area (Å²) in [4.78, 5) is 21.3. The van der Waals surface area contributed by atoms with E-state index in [1.807, 2.05) is 11.4 Å². The number of thiazole rings is 1. The summed E-state index contributed by atoms with van der Waals surface area (Å²) in [6.45, 7) is 2.61. The van der Waals surface area contributed by atoms with E-state index >= 15 is 0 Å². The minimum Gasteiger partial charge on any atom is -0.382 e. The number of thiophene rings is 1. The van der Waals surface area contributed by atoms with Gasteiger partial charge in [0.15, 0.2) is 5.13 Å². The van der Waals surface area contributed by atoms with Crippen molar-refractivity contribution >= 4 is 39.5 Å². The van der Waals surface area contributed by atoms with E-state index < -0.39 is 0 Å². The molecule has 3 rings (SSSR count). The molecule has 0 atom stereocenters. The highest BCUT2D eigenvalue weighted by atomic mass is 32.1. The normalized spacial score (nSPS) is 14.6. The Morgan fingerprint density at radius 3 is 2.90 bits per heavy atom. The maximum absolute atomic E-state index is 12.5. The molecule has 1 amide bonds. The number of carbonyl (C=O) groups is 1. The highest BCUT2D eigenvalue weighted by molar-refractivity contribution is 7.18. The second-order valence-electron chi connectivity index (χ2n) is 5.20. The Morgan fingerprint density at radius 1 is 1.48 bits per heavy atom. The topological polar surface area (TPSA) is 62.5 Å². The van der Waals surface area contributed by atoms with Gasteiger partial charge in [-0.1, -0.05) is 11.3 Å². The Balaban J connectivity index is 1.74. The molecule has 0 spiro atoms. The summed E-state index contributed by atoms with van der Waals surface area (Å²) >= 11 is 3.04. The van der Waals surface area contributed by atoms with Crippen molar-refractivity contribution in [2.24, 2.45) is 0 Å². The number of hydrogen-bond donors (Lipinski definition) is 1. The van der Waals surface area contributed by atoms with Crippen molar-refractivity contribution in [3.05, 3.63) is 27.3 Å². The molecule has 2 aromatic heterocycles. The van der Waals surface area contributed by atoms with Gasteiger partial charge in [0.05, 0.1) is 0 Å². The second-order valence-corrected chi connectivity index (χ2v) is 6.96. The first kappa shape index (κ1) is 14.3. The first-order valence-electron chi connectivity index (χ1n) is 6.93. The van der Waals surface area contributed by atoms with Crippen LogP contribution in [0.15, 0.2) is 16.8 Å². The number of aromatic nitrogens is 1. The van der Waals surface area contributed by atoms with Crippen LogP contribution < -0.4 is 10.6 Å². The van der Waals surface area contributed by atoms with Crippen LogP contribution in [0.1, 0.15) is 28.1 Å².